The summed E-state index contributed by atoms with van der Waals surface area (Å²) < 4.78 is 0. The van der Waals surface area contributed by atoms with E-state index in [0.717, 1.165) is 18.7 Å². The fraction of sp³-hybridized carbons (Fsp3) is 0.250. The number of anilines is 3. The van der Waals surface area contributed by atoms with Crippen molar-refractivity contribution in [3.05, 3.63) is 54.1 Å². The molecule has 0 atom stereocenters. The van der Waals surface area contributed by atoms with Gasteiger partial charge in [0.1, 0.15) is 0 Å². The van der Waals surface area contributed by atoms with E-state index in [-0.39, 0.29) is 24.1 Å². The van der Waals surface area contributed by atoms with Gasteiger partial charge in [-0.25, -0.2) is 0 Å². The highest BCUT2D eigenvalue weighted by molar-refractivity contribution is 6.01. The number of carbonyl (C=O) groups is 3. The van der Waals surface area contributed by atoms with E-state index >= 15 is 0 Å². The van der Waals surface area contributed by atoms with Crippen LogP contribution in [-0.2, 0) is 9.59 Å². The van der Waals surface area contributed by atoms with Crippen LogP contribution in [0.2, 0.25) is 0 Å². The molecule has 1 fully saturated rings. The maximum atomic E-state index is 12.1. The Labute approximate surface area is 152 Å². The van der Waals surface area contributed by atoms with Crippen LogP contribution in [0.5, 0.6) is 0 Å². The van der Waals surface area contributed by atoms with Gasteiger partial charge in [0.05, 0.1) is 6.54 Å². The van der Waals surface area contributed by atoms with Crippen LogP contribution in [-0.4, -0.2) is 30.7 Å². The molecular weight excluding hydrogens is 330 g/mol. The van der Waals surface area contributed by atoms with Gasteiger partial charge in [0.2, 0.25) is 11.8 Å². The maximum Gasteiger partial charge on any atom is 0.243 e. The van der Waals surface area contributed by atoms with Crippen LogP contribution in [0, 0.1) is 0 Å². The highest BCUT2D eigenvalue weighted by atomic mass is 16.2. The molecule has 0 spiro atoms. The Morgan fingerprint density at radius 1 is 1.08 bits per heavy atom. The number of rotatable bonds is 6. The van der Waals surface area contributed by atoms with Gasteiger partial charge in [0, 0.05) is 35.6 Å². The van der Waals surface area contributed by atoms with Gasteiger partial charge in [-0.2, -0.15) is 0 Å². The molecule has 6 heteroatoms. The molecule has 2 N–H and O–H groups in total. The monoisotopic (exact) mass is 351 g/mol. The van der Waals surface area contributed by atoms with Crippen molar-refractivity contribution in [3.8, 4) is 0 Å². The number of nitrogens with one attached hydrogen (secondary N) is 2. The number of carbonyl (C=O) groups excluding carboxylic acids is 3. The Morgan fingerprint density at radius 2 is 1.81 bits per heavy atom. The van der Waals surface area contributed by atoms with E-state index in [4.69, 9.17) is 0 Å². The molecule has 6 nitrogen and oxygen atoms in total. The molecule has 0 saturated carbocycles. The molecule has 2 aromatic carbocycles. The lowest BCUT2D eigenvalue weighted by Gasteiger charge is -2.16. The molecule has 134 valence electrons. The van der Waals surface area contributed by atoms with Crippen molar-refractivity contribution in [2.75, 3.05) is 28.6 Å². The predicted molar refractivity (Wildman–Crippen MR) is 102 cm³/mol. The van der Waals surface area contributed by atoms with Crippen LogP contribution in [0.4, 0.5) is 17.1 Å². The second-order valence-electron chi connectivity index (χ2n) is 6.20. The van der Waals surface area contributed by atoms with Crippen LogP contribution in [0.25, 0.3) is 0 Å². The zero-order valence-electron chi connectivity index (χ0n) is 14.6. The van der Waals surface area contributed by atoms with Crippen LogP contribution in [0.15, 0.2) is 48.5 Å². The number of benzene rings is 2. The third-order valence-electron chi connectivity index (χ3n) is 4.28. The van der Waals surface area contributed by atoms with Crippen molar-refractivity contribution >= 4 is 34.7 Å². The van der Waals surface area contributed by atoms with Gasteiger partial charge in [-0.1, -0.05) is 12.1 Å². The van der Waals surface area contributed by atoms with Gasteiger partial charge in [-0.05, 0) is 49.7 Å². The number of Topliss-reactive ketones (excluding diaryl/α,β-unsaturated/α-hetero) is 1. The average molecular weight is 351 g/mol. The topological polar surface area (TPSA) is 78.5 Å². The molecule has 0 unspecified atom stereocenters. The summed E-state index contributed by atoms with van der Waals surface area (Å²) in [5.41, 5.74) is 2.70. The van der Waals surface area contributed by atoms with Crippen molar-refractivity contribution < 1.29 is 14.4 Å². The minimum atomic E-state index is -0.214. The molecule has 1 saturated heterocycles. The van der Waals surface area contributed by atoms with E-state index in [1.165, 1.54) is 6.92 Å². The maximum absolute atomic E-state index is 12.1. The van der Waals surface area contributed by atoms with E-state index in [1.807, 2.05) is 18.2 Å². The van der Waals surface area contributed by atoms with Gasteiger partial charge < -0.3 is 15.5 Å². The van der Waals surface area contributed by atoms with Gasteiger partial charge >= 0.3 is 0 Å². The predicted octanol–water partition coefficient (Wildman–Crippen LogP) is 3.07. The van der Waals surface area contributed by atoms with E-state index in [0.29, 0.717) is 23.4 Å². The first-order chi connectivity index (χ1) is 12.5. The normalized spacial score (nSPS) is 13.6. The Morgan fingerprint density at radius 3 is 2.46 bits per heavy atom. The van der Waals surface area contributed by atoms with Crippen molar-refractivity contribution in [3.63, 3.8) is 0 Å². The highest BCUT2D eigenvalue weighted by Crippen LogP contribution is 2.23. The number of hydrogen-bond donors (Lipinski definition) is 2. The van der Waals surface area contributed by atoms with Crippen molar-refractivity contribution in [1.82, 2.24) is 0 Å². The summed E-state index contributed by atoms with van der Waals surface area (Å²) in [4.78, 5) is 37.2. The Kier molecular flexibility index (Phi) is 5.31. The molecule has 1 aliphatic heterocycles. The van der Waals surface area contributed by atoms with Gasteiger partial charge in [-0.3, -0.25) is 14.4 Å². The molecule has 0 bridgehead atoms. The third kappa shape index (κ3) is 4.08. The Hall–Kier alpha value is -3.15. The molecule has 2 aromatic rings. The first-order valence-corrected chi connectivity index (χ1v) is 8.59. The van der Waals surface area contributed by atoms with E-state index < -0.39 is 0 Å². The number of hydrogen-bond acceptors (Lipinski definition) is 4. The summed E-state index contributed by atoms with van der Waals surface area (Å²) in [6, 6.07) is 14.3. The lowest BCUT2D eigenvalue weighted by atomic mass is 10.1. The standard InChI is InChI=1S/C20H21N3O3/c1-14(24)17-5-2-3-6-18(17)21-13-19(25)22-15-8-10-16(11-9-15)23-12-4-7-20(23)26/h2-3,5-6,8-11,21H,4,7,12-13H2,1H3,(H,22,25). The summed E-state index contributed by atoms with van der Waals surface area (Å²) >= 11 is 0. The number of amides is 2. The third-order valence-corrected chi connectivity index (χ3v) is 4.28. The van der Waals surface area contributed by atoms with Crippen LogP contribution in [0.3, 0.4) is 0 Å². The summed E-state index contributed by atoms with van der Waals surface area (Å²) in [5, 5.41) is 5.79. The van der Waals surface area contributed by atoms with Gasteiger partial charge in [0.25, 0.3) is 0 Å². The second kappa shape index (κ2) is 7.82. The summed E-state index contributed by atoms with van der Waals surface area (Å²) in [6.45, 7) is 2.29. The van der Waals surface area contributed by atoms with E-state index in [1.54, 1.807) is 35.2 Å². The summed E-state index contributed by atoms with van der Waals surface area (Å²) in [7, 11) is 0. The fourth-order valence-corrected chi connectivity index (χ4v) is 2.97. The minimum absolute atomic E-state index is 0.0522. The van der Waals surface area contributed by atoms with Gasteiger partial charge in [0.15, 0.2) is 5.78 Å². The second-order valence-corrected chi connectivity index (χ2v) is 6.20. The molecule has 0 aromatic heterocycles. The van der Waals surface area contributed by atoms with Crippen LogP contribution in [0.1, 0.15) is 30.1 Å². The Bertz CT molecular complexity index is 830. The molecular formula is C20H21N3O3. The average Bonchev–Trinajstić information content (AvgIpc) is 3.07. The summed E-state index contributed by atoms with van der Waals surface area (Å²) in [5.74, 6) is -0.135. The van der Waals surface area contributed by atoms with Gasteiger partial charge in [-0.15, -0.1) is 0 Å². The lowest BCUT2D eigenvalue weighted by molar-refractivity contribution is -0.117. The molecule has 3 rings (SSSR count). The van der Waals surface area contributed by atoms with Crippen molar-refractivity contribution in [2.45, 2.75) is 19.8 Å². The zero-order valence-corrected chi connectivity index (χ0v) is 14.6. The van der Waals surface area contributed by atoms with Crippen molar-refractivity contribution in [1.29, 1.82) is 0 Å². The fourth-order valence-electron chi connectivity index (χ4n) is 2.97. The largest absolute Gasteiger partial charge is 0.376 e. The number of para-hydroxylation sites is 1. The Balaban J connectivity index is 1.57. The number of nitrogens with zero attached hydrogens (tertiary/aromatic N) is 1. The molecule has 0 aliphatic carbocycles. The molecule has 2 amide bonds. The zero-order chi connectivity index (χ0) is 18.5. The minimum Gasteiger partial charge on any atom is -0.376 e. The first-order valence-electron chi connectivity index (χ1n) is 8.59. The SMILES string of the molecule is CC(=O)c1ccccc1NCC(=O)Nc1ccc(N2CCCC2=O)cc1. The molecule has 26 heavy (non-hydrogen) atoms. The summed E-state index contributed by atoms with van der Waals surface area (Å²) in [6.07, 6.45) is 1.47. The van der Waals surface area contributed by atoms with Crippen LogP contribution >= 0.6 is 0 Å². The number of ketones is 1. The molecule has 0 radical (unpaired) electrons. The molecule has 1 aliphatic rings. The van der Waals surface area contributed by atoms with E-state index in [9.17, 15) is 14.4 Å². The van der Waals surface area contributed by atoms with Crippen molar-refractivity contribution in [2.24, 2.45) is 0 Å². The highest BCUT2D eigenvalue weighted by Gasteiger charge is 2.21. The van der Waals surface area contributed by atoms with E-state index in [2.05, 4.69) is 10.6 Å². The quantitative estimate of drug-likeness (QED) is 0.784. The van der Waals surface area contributed by atoms with Crippen LogP contribution < -0.4 is 15.5 Å². The molecule has 1 heterocycles. The lowest BCUT2D eigenvalue weighted by Crippen LogP contribution is -2.24. The first kappa shape index (κ1) is 17.7. The smallest absolute Gasteiger partial charge is 0.243 e.